The minimum Gasteiger partial charge on any atom is -0.492 e. The molecule has 0 aliphatic carbocycles. The van der Waals surface area contributed by atoms with Crippen molar-refractivity contribution in [2.24, 2.45) is 5.41 Å². The molecule has 1 heterocycles. The summed E-state index contributed by atoms with van der Waals surface area (Å²) in [4.78, 5) is 20.1. The molecule has 0 aliphatic heterocycles. The summed E-state index contributed by atoms with van der Waals surface area (Å²) in [5, 5.41) is 12.7. The van der Waals surface area contributed by atoms with E-state index in [1.807, 2.05) is 58.0 Å². The summed E-state index contributed by atoms with van der Waals surface area (Å²) in [6, 6.07) is 14.3. The van der Waals surface area contributed by atoms with Crippen LogP contribution in [-0.4, -0.2) is 75.9 Å². The first-order valence-corrected chi connectivity index (χ1v) is 16.0. The van der Waals surface area contributed by atoms with Gasteiger partial charge in [-0.25, -0.2) is 13.4 Å². The van der Waals surface area contributed by atoms with E-state index >= 15 is 0 Å². The molecule has 11 nitrogen and oxygen atoms in total. The monoisotopic (exact) mass is 612 g/mol. The Morgan fingerprint density at radius 3 is 2.30 bits per heavy atom. The molecule has 0 saturated carbocycles. The maximum Gasteiger partial charge on any atom is 0.229 e. The van der Waals surface area contributed by atoms with Gasteiger partial charge in [-0.15, -0.1) is 0 Å². The van der Waals surface area contributed by atoms with E-state index in [0.717, 1.165) is 17.0 Å². The number of aryl methyl sites for hydroxylation is 1. The molecule has 0 spiro atoms. The largest absolute Gasteiger partial charge is 0.492 e. The highest BCUT2D eigenvalue weighted by Gasteiger charge is 2.23. The molecule has 0 radical (unpaired) electrons. The van der Waals surface area contributed by atoms with Gasteiger partial charge in [0.1, 0.15) is 24.0 Å². The van der Waals surface area contributed by atoms with Crippen molar-refractivity contribution in [1.29, 1.82) is 0 Å². The predicted octanol–water partition coefficient (Wildman–Crippen LogP) is 4.26. The molecule has 0 saturated heterocycles. The van der Waals surface area contributed by atoms with E-state index in [0.29, 0.717) is 63.5 Å². The molecular formula is C31H44N6O5S. The SMILES string of the molecule is CC(=O)CNCCOCCNCCOc1ccc(Nc2ncc(C)c(Nc3cccc(S(=O)(=O)CC(C)(C)C)c3)n2)cc1. The summed E-state index contributed by atoms with van der Waals surface area (Å²) in [5.74, 6) is 1.89. The zero-order valence-electron chi connectivity index (χ0n) is 25.7. The number of aromatic nitrogens is 2. The van der Waals surface area contributed by atoms with Crippen LogP contribution >= 0.6 is 0 Å². The van der Waals surface area contributed by atoms with Gasteiger partial charge in [-0.1, -0.05) is 26.8 Å². The van der Waals surface area contributed by atoms with Crippen molar-refractivity contribution < 1.29 is 22.7 Å². The van der Waals surface area contributed by atoms with Crippen LogP contribution in [0.25, 0.3) is 0 Å². The van der Waals surface area contributed by atoms with E-state index in [2.05, 4.69) is 31.2 Å². The number of nitrogens with zero attached hydrogens (tertiary/aromatic N) is 2. The number of hydrogen-bond acceptors (Lipinski definition) is 11. The number of benzene rings is 2. The van der Waals surface area contributed by atoms with Crippen LogP contribution in [0.2, 0.25) is 0 Å². The smallest absolute Gasteiger partial charge is 0.229 e. The number of anilines is 4. The third-order valence-electron chi connectivity index (χ3n) is 5.93. The van der Waals surface area contributed by atoms with Gasteiger partial charge in [-0.3, -0.25) is 4.79 Å². The Hall–Kier alpha value is -3.58. The number of carbonyl (C=O) groups is 1. The third-order valence-corrected chi connectivity index (χ3v) is 8.15. The maximum atomic E-state index is 12.9. The van der Waals surface area contributed by atoms with Gasteiger partial charge < -0.3 is 30.7 Å². The molecule has 0 fully saturated rings. The number of nitrogens with one attached hydrogen (secondary N) is 4. The van der Waals surface area contributed by atoms with Crippen LogP contribution in [0.1, 0.15) is 33.3 Å². The second kappa shape index (κ2) is 16.3. The van der Waals surface area contributed by atoms with E-state index in [1.54, 1.807) is 31.3 Å². The number of ketones is 1. The van der Waals surface area contributed by atoms with Crippen molar-refractivity contribution in [3.05, 3.63) is 60.3 Å². The van der Waals surface area contributed by atoms with Gasteiger partial charge in [0.25, 0.3) is 0 Å². The molecule has 0 aliphatic rings. The summed E-state index contributed by atoms with van der Waals surface area (Å²) >= 11 is 0. The van der Waals surface area contributed by atoms with Gasteiger partial charge in [-0.05, 0) is 61.7 Å². The Labute approximate surface area is 255 Å². The third kappa shape index (κ3) is 12.7. The molecular weight excluding hydrogens is 568 g/mol. The van der Waals surface area contributed by atoms with Crippen LogP contribution in [0.4, 0.5) is 23.1 Å². The maximum absolute atomic E-state index is 12.9. The molecule has 0 unspecified atom stereocenters. The van der Waals surface area contributed by atoms with E-state index in [1.165, 1.54) is 0 Å². The highest BCUT2D eigenvalue weighted by Crippen LogP contribution is 2.26. The fourth-order valence-corrected chi connectivity index (χ4v) is 5.87. The number of ether oxygens (including phenoxy) is 2. The Morgan fingerprint density at radius 1 is 0.907 bits per heavy atom. The van der Waals surface area contributed by atoms with Crippen LogP contribution in [0.15, 0.2) is 59.6 Å². The van der Waals surface area contributed by atoms with Crippen molar-refractivity contribution in [1.82, 2.24) is 20.6 Å². The van der Waals surface area contributed by atoms with Crippen molar-refractivity contribution in [2.45, 2.75) is 39.5 Å². The first-order valence-electron chi connectivity index (χ1n) is 14.3. The highest BCUT2D eigenvalue weighted by molar-refractivity contribution is 7.91. The Morgan fingerprint density at radius 2 is 1.60 bits per heavy atom. The van der Waals surface area contributed by atoms with E-state index in [9.17, 15) is 13.2 Å². The summed E-state index contributed by atoms with van der Waals surface area (Å²) in [6.07, 6.45) is 1.71. The molecule has 234 valence electrons. The van der Waals surface area contributed by atoms with Crippen molar-refractivity contribution in [3.8, 4) is 5.75 Å². The number of Topliss-reactive ketones (excluding diaryl/α,β-unsaturated/α-hetero) is 1. The van der Waals surface area contributed by atoms with Gasteiger partial charge >= 0.3 is 0 Å². The van der Waals surface area contributed by atoms with Crippen molar-refractivity contribution >= 4 is 38.8 Å². The fraction of sp³-hybridized carbons (Fsp3) is 0.452. The topological polar surface area (TPSA) is 144 Å². The molecule has 3 rings (SSSR count). The van der Waals surface area contributed by atoms with Gasteiger partial charge in [0.05, 0.1) is 30.4 Å². The summed E-state index contributed by atoms with van der Waals surface area (Å²) in [6.45, 7) is 13.3. The molecule has 0 atom stereocenters. The van der Waals surface area contributed by atoms with Gasteiger partial charge in [-0.2, -0.15) is 4.98 Å². The quantitative estimate of drug-likeness (QED) is 0.153. The molecule has 0 bridgehead atoms. The van der Waals surface area contributed by atoms with Gasteiger partial charge in [0.2, 0.25) is 5.95 Å². The normalized spacial score (nSPS) is 11.7. The van der Waals surface area contributed by atoms with Crippen LogP contribution in [0, 0.1) is 12.3 Å². The van der Waals surface area contributed by atoms with Crippen LogP contribution in [-0.2, 0) is 19.4 Å². The van der Waals surface area contributed by atoms with Crippen LogP contribution < -0.4 is 26.0 Å². The summed E-state index contributed by atoms with van der Waals surface area (Å²) < 4.78 is 37.0. The lowest BCUT2D eigenvalue weighted by atomic mass is 10.0. The highest BCUT2D eigenvalue weighted by atomic mass is 32.2. The van der Waals surface area contributed by atoms with Gasteiger partial charge in [0.15, 0.2) is 9.84 Å². The Kier molecular flexibility index (Phi) is 12.9. The molecule has 12 heteroatoms. The van der Waals surface area contributed by atoms with Crippen molar-refractivity contribution in [3.63, 3.8) is 0 Å². The molecule has 1 aromatic heterocycles. The van der Waals surface area contributed by atoms with Gasteiger partial charge in [0, 0.05) is 42.8 Å². The lowest BCUT2D eigenvalue weighted by molar-refractivity contribution is -0.116. The molecule has 2 aromatic carbocycles. The van der Waals surface area contributed by atoms with E-state index in [-0.39, 0.29) is 21.8 Å². The number of rotatable bonds is 18. The average Bonchev–Trinajstić information content (AvgIpc) is 2.93. The van der Waals surface area contributed by atoms with E-state index in [4.69, 9.17) is 9.47 Å². The Bertz CT molecular complexity index is 1430. The van der Waals surface area contributed by atoms with E-state index < -0.39 is 9.84 Å². The zero-order valence-corrected chi connectivity index (χ0v) is 26.5. The number of sulfone groups is 1. The number of carbonyl (C=O) groups excluding carboxylic acids is 1. The second-order valence-corrected chi connectivity index (χ2v) is 13.4. The standard InChI is InChI=1S/C31H44N6O5S/c1-23-20-34-30(37-29(23)35-26-7-6-8-28(19-26)43(39,40)22-31(3,4)5)36-25-9-11-27(12-10-25)42-18-15-32-13-16-41-17-14-33-21-24(2)38/h6-12,19-20,32-33H,13-18,21-22H2,1-5H3,(H2,34,35,36,37). The molecule has 3 aromatic rings. The Balaban J connectivity index is 1.45. The zero-order chi connectivity index (χ0) is 31.3. The van der Waals surface area contributed by atoms with Crippen molar-refractivity contribution in [2.75, 3.05) is 62.4 Å². The molecule has 43 heavy (non-hydrogen) atoms. The first-order chi connectivity index (χ1) is 20.4. The molecule has 0 amide bonds. The van der Waals surface area contributed by atoms with Crippen LogP contribution in [0.3, 0.4) is 0 Å². The second-order valence-electron chi connectivity index (χ2n) is 11.4. The number of hydrogen-bond donors (Lipinski definition) is 4. The average molecular weight is 613 g/mol. The lowest BCUT2D eigenvalue weighted by Crippen LogP contribution is -2.28. The molecule has 4 N–H and O–H groups in total. The summed E-state index contributed by atoms with van der Waals surface area (Å²) in [7, 11) is -3.43. The first kappa shape index (κ1) is 33.9. The minimum atomic E-state index is -3.43. The lowest BCUT2D eigenvalue weighted by Gasteiger charge is -2.18. The predicted molar refractivity (Wildman–Crippen MR) is 170 cm³/mol. The fourth-order valence-electron chi connectivity index (χ4n) is 3.97. The van der Waals surface area contributed by atoms with Crippen LogP contribution in [0.5, 0.6) is 5.75 Å². The minimum absolute atomic E-state index is 0.0594. The summed E-state index contributed by atoms with van der Waals surface area (Å²) in [5.41, 5.74) is 1.90.